The molecule has 1 heterocycles. The zero-order valence-electron chi connectivity index (χ0n) is 11.0. The number of halogens is 2. The molecule has 21 heavy (non-hydrogen) atoms. The Hall–Kier alpha value is -2.11. The summed E-state index contributed by atoms with van der Waals surface area (Å²) in [5, 5.41) is 2.96. The molecule has 0 radical (unpaired) electrons. The van der Waals surface area contributed by atoms with Crippen molar-refractivity contribution >= 4 is 41.6 Å². The van der Waals surface area contributed by atoms with E-state index in [4.69, 9.17) is 11.6 Å². The quantitative estimate of drug-likeness (QED) is 0.879. The molecule has 0 aliphatic heterocycles. The van der Waals surface area contributed by atoms with E-state index in [1.165, 1.54) is 31.5 Å². The van der Waals surface area contributed by atoms with Gasteiger partial charge in [-0.1, -0.05) is 11.6 Å². The van der Waals surface area contributed by atoms with Crippen molar-refractivity contribution in [1.29, 1.82) is 0 Å². The van der Waals surface area contributed by atoms with Crippen molar-refractivity contribution in [2.45, 2.75) is 0 Å². The van der Waals surface area contributed by atoms with Gasteiger partial charge in [-0.15, -0.1) is 12.4 Å². The monoisotopic (exact) mass is 326 g/mol. The van der Waals surface area contributed by atoms with Crippen LogP contribution in [-0.2, 0) is 4.74 Å². The van der Waals surface area contributed by atoms with Crippen LogP contribution >= 0.6 is 24.0 Å². The van der Waals surface area contributed by atoms with Crippen LogP contribution in [-0.4, -0.2) is 24.0 Å². The van der Waals surface area contributed by atoms with E-state index in [-0.39, 0.29) is 18.3 Å². The molecule has 0 unspecified atom stereocenters. The summed E-state index contributed by atoms with van der Waals surface area (Å²) in [7, 11) is 1.28. The molecule has 0 spiro atoms. The molecule has 2 rings (SSSR count). The lowest BCUT2D eigenvalue weighted by Gasteiger charge is -2.08. The number of pyridine rings is 1. The van der Waals surface area contributed by atoms with E-state index in [9.17, 15) is 9.59 Å². The molecule has 5 nitrogen and oxygen atoms in total. The molecule has 0 saturated carbocycles. The molecule has 1 amide bonds. The number of aromatic nitrogens is 1. The van der Waals surface area contributed by atoms with Crippen molar-refractivity contribution in [3.05, 3.63) is 58.9 Å². The number of rotatable bonds is 3. The number of nitrogens with one attached hydrogen (secondary N) is 1. The molecule has 0 saturated heterocycles. The summed E-state index contributed by atoms with van der Waals surface area (Å²) < 4.78 is 4.62. The number of carbonyl (C=O) groups is 2. The van der Waals surface area contributed by atoms with Crippen LogP contribution in [0.5, 0.6) is 0 Å². The van der Waals surface area contributed by atoms with Gasteiger partial charge in [0.25, 0.3) is 5.91 Å². The maximum absolute atomic E-state index is 12.0. The molecular formula is C14H12Cl2N2O3. The van der Waals surface area contributed by atoms with Crippen molar-refractivity contribution < 1.29 is 14.3 Å². The average Bonchev–Trinajstić information content (AvgIpc) is 2.49. The third-order valence-electron chi connectivity index (χ3n) is 2.56. The molecule has 0 aliphatic rings. The van der Waals surface area contributed by atoms with Crippen LogP contribution in [0.25, 0.3) is 0 Å². The van der Waals surface area contributed by atoms with Crippen LogP contribution in [0, 0.1) is 0 Å². The maximum atomic E-state index is 12.0. The Morgan fingerprint density at radius 3 is 2.62 bits per heavy atom. The number of carbonyl (C=O) groups excluding carboxylic acids is 2. The first-order chi connectivity index (χ1) is 9.61. The number of amides is 1. The van der Waals surface area contributed by atoms with E-state index in [0.717, 1.165) is 0 Å². The van der Waals surface area contributed by atoms with Gasteiger partial charge in [0.2, 0.25) is 0 Å². The van der Waals surface area contributed by atoms with Crippen molar-refractivity contribution in [1.82, 2.24) is 4.98 Å². The predicted molar refractivity (Wildman–Crippen MR) is 82.2 cm³/mol. The first-order valence-corrected chi connectivity index (χ1v) is 6.09. The number of ether oxygens (including phenoxy) is 1. The van der Waals surface area contributed by atoms with Crippen LogP contribution in [0.4, 0.5) is 5.69 Å². The fourth-order valence-corrected chi connectivity index (χ4v) is 1.72. The lowest BCUT2D eigenvalue weighted by atomic mass is 10.2. The number of hydrogen-bond donors (Lipinski definition) is 1. The molecular weight excluding hydrogens is 315 g/mol. The summed E-state index contributed by atoms with van der Waals surface area (Å²) in [6.45, 7) is 0. The summed E-state index contributed by atoms with van der Waals surface area (Å²) in [6.07, 6.45) is 3.01. The fourth-order valence-electron chi connectivity index (χ4n) is 1.56. The molecule has 0 aliphatic carbocycles. The Morgan fingerprint density at radius 2 is 2.00 bits per heavy atom. The SMILES string of the molecule is COC(=O)c1ccc(Cl)c(NC(=O)c2cccnc2)c1.Cl. The highest BCUT2D eigenvalue weighted by Crippen LogP contribution is 2.24. The van der Waals surface area contributed by atoms with Gasteiger partial charge in [0, 0.05) is 12.4 Å². The summed E-state index contributed by atoms with van der Waals surface area (Å²) in [5.74, 6) is -0.861. The van der Waals surface area contributed by atoms with Crippen LogP contribution in [0.2, 0.25) is 5.02 Å². The minimum absolute atomic E-state index is 0. The number of hydrogen-bond acceptors (Lipinski definition) is 4. The lowest BCUT2D eigenvalue weighted by molar-refractivity contribution is 0.0600. The number of nitrogens with zero attached hydrogens (tertiary/aromatic N) is 1. The smallest absolute Gasteiger partial charge is 0.337 e. The molecule has 1 aromatic carbocycles. The van der Waals surface area contributed by atoms with Gasteiger partial charge in [-0.3, -0.25) is 9.78 Å². The van der Waals surface area contributed by atoms with Gasteiger partial charge in [0.05, 0.1) is 28.9 Å². The number of esters is 1. The third kappa shape index (κ3) is 4.18. The van der Waals surface area contributed by atoms with Crippen LogP contribution in [0.15, 0.2) is 42.7 Å². The van der Waals surface area contributed by atoms with Crippen molar-refractivity contribution in [2.24, 2.45) is 0 Å². The highest BCUT2D eigenvalue weighted by molar-refractivity contribution is 6.34. The summed E-state index contributed by atoms with van der Waals surface area (Å²) >= 11 is 5.99. The molecule has 2 aromatic rings. The van der Waals surface area contributed by atoms with Gasteiger partial charge in [-0.25, -0.2) is 4.79 Å². The minimum atomic E-state index is -0.501. The highest BCUT2D eigenvalue weighted by atomic mass is 35.5. The first-order valence-electron chi connectivity index (χ1n) is 5.71. The second-order valence-electron chi connectivity index (χ2n) is 3.88. The van der Waals surface area contributed by atoms with E-state index in [1.807, 2.05) is 0 Å². The summed E-state index contributed by atoms with van der Waals surface area (Å²) in [6, 6.07) is 7.78. The van der Waals surface area contributed by atoms with Crippen LogP contribution in [0.3, 0.4) is 0 Å². The van der Waals surface area contributed by atoms with Crippen LogP contribution in [0.1, 0.15) is 20.7 Å². The third-order valence-corrected chi connectivity index (χ3v) is 2.89. The van der Waals surface area contributed by atoms with Crippen molar-refractivity contribution in [3.8, 4) is 0 Å². The first kappa shape index (κ1) is 16.9. The van der Waals surface area contributed by atoms with Crippen molar-refractivity contribution in [3.63, 3.8) is 0 Å². The number of anilines is 1. The standard InChI is InChI=1S/C14H11ClN2O3.ClH/c1-20-14(19)9-4-5-11(15)12(7-9)17-13(18)10-3-2-6-16-8-10;/h2-8H,1H3,(H,17,18);1H. The molecule has 110 valence electrons. The summed E-state index contributed by atoms with van der Waals surface area (Å²) in [5.41, 5.74) is 1.04. The maximum Gasteiger partial charge on any atom is 0.337 e. The van der Waals surface area contributed by atoms with E-state index >= 15 is 0 Å². The van der Waals surface area contributed by atoms with Gasteiger partial charge in [0.1, 0.15) is 0 Å². The largest absolute Gasteiger partial charge is 0.465 e. The van der Waals surface area contributed by atoms with Crippen molar-refractivity contribution in [2.75, 3.05) is 12.4 Å². The van der Waals surface area contributed by atoms with Gasteiger partial charge >= 0.3 is 5.97 Å². The minimum Gasteiger partial charge on any atom is -0.465 e. The Bertz CT molecular complexity index is 648. The van der Waals surface area contributed by atoms with Gasteiger partial charge < -0.3 is 10.1 Å². The number of benzene rings is 1. The Kier molecular flexibility index (Phi) is 6.14. The second-order valence-corrected chi connectivity index (χ2v) is 4.29. The van der Waals surface area contributed by atoms with Gasteiger partial charge in [-0.2, -0.15) is 0 Å². The fraction of sp³-hybridized carbons (Fsp3) is 0.0714. The van der Waals surface area contributed by atoms with Crippen LogP contribution < -0.4 is 5.32 Å². The number of methoxy groups -OCH3 is 1. The van der Waals surface area contributed by atoms with E-state index in [1.54, 1.807) is 18.3 Å². The molecule has 0 atom stereocenters. The predicted octanol–water partition coefficient (Wildman–Crippen LogP) is 3.20. The Morgan fingerprint density at radius 1 is 1.24 bits per heavy atom. The average molecular weight is 327 g/mol. The normalized spacial score (nSPS) is 9.43. The van der Waals surface area contributed by atoms with E-state index in [2.05, 4.69) is 15.0 Å². The topological polar surface area (TPSA) is 68.3 Å². The lowest BCUT2D eigenvalue weighted by Crippen LogP contribution is -2.13. The molecule has 1 N–H and O–H groups in total. The Balaban J connectivity index is 0.00000220. The van der Waals surface area contributed by atoms with Gasteiger partial charge in [-0.05, 0) is 30.3 Å². The zero-order valence-corrected chi connectivity index (χ0v) is 12.6. The highest BCUT2D eigenvalue weighted by Gasteiger charge is 2.12. The molecule has 0 fully saturated rings. The molecule has 7 heteroatoms. The van der Waals surface area contributed by atoms with E-state index < -0.39 is 5.97 Å². The van der Waals surface area contributed by atoms with E-state index in [0.29, 0.717) is 21.8 Å². The summed E-state index contributed by atoms with van der Waals surface area (Å²) in [4.78, 5) is 27.3. The van der Waals surface area contributed by atoms with Gasteiger partial charge in [0.15, 0.2) is 0 Å². The molecule has 1 aromatic heterocycles. The second kappa shape index (κ2) is 7.61. The Labute approximate surface area is 132 Å². The zero-order chi connectivity index (χ0) is 14.5. The molecule has 0 bridgehead atoms.